The van der Waals surface area contributed by atoms with Gasteiger partial charge in [0.05, 0.1) is 5.69 Å². The van der Waals surface area contributed by atoms with E-state index < -0.39 is 0 Å². The SMILES string of the molecule is Cn1ccnc1SCc1coc(-c2ccccc2)n1. The number of aromatic nitrogens is 3. The molecule has 2 aromatic heterocycles. The maximum Gasteiger partial charge on any atom is 0.226 e. The number of nitrogens with zero attached hydrogens (tertiary/aromatic N) is 3. The quantitative estimate of drug-likeness (QED) is 0.682. The fourth-order valence-electron chi connectivity index (χ4n) is 1.72. The van der Waals surface area contributed by atoms with E-state index in [1.165, 1.54) is 0 Å². The van der Waals surface area contributed by atoms with Gasteiger partial charge in [-0.2, -0.15) is 0 Å². The van der Waals surface area contributed by atoms with E-state index in [1.807, 2.05) is 48.1 Å². The lowest BCUT2D eigenvalue weighted by Crippen LogP contribution is -1.90. The molecule has 0 aliphatic rings. The van der Waals surface area contributed by atoms with E-state index in [0.717, 1.165) is 22.2 Å². The summed E-state index contributed by atoms with van der Waals surface area (Å²) in [5, 5.41) is 0.976. The Bertz CT molecular complexity index is 660. The van der Waals surface area contributed by atoms with Crippen LogP contribution >= 0.6 is 11.8 Å². The fourth-order valence-corrected chi connectivity index (χ4v) is 2.53. The van der Waals surface area contributed by atoms with Crippen LogP contribution in [-0.2, 0) is 12.8 Å². The third-order valence-corrected chi connectivity index (χ3v) is 3.79. The number of oxazole rings is 1. The second kappa shape index (κ2) is 5.32. The molecule has 0 amide bonds. The molecular weight excluding hydrogens is 258 g/mol. The zero-order valence-corrected chi connectivity index (χ0v) is 11.3. The Morgan fingerprint density at radius 1 is 1.26 bits per heavy atom. The molecule has 2 heterocycles. The molecule has 0 radical (unpaired) electrons. The van der Waals surface area contributed by atoms with Crippen LogP contribution < -0.4 is 0 Å². The lowest BCUT2D eigenvalue weighted by molar-refractivity contribution is 0.573. The highest BCUT2D eigenvalue weighted by Crippen LogP contribution is 2.23. The van der Waals surface area contributed by atoms with Crippen molar-refractivity contribution in [1.29, 1.82) is 0 Å². The maximum atomic E-state index is 5.50. The lowest BCUT2D eigenvalue weighted by Gasteiger charge is -1.98. The summed E-state index contributed by atoms with van der Waals surface area (Å²) in [4.78, 5) is 8.75. The van der Waals surface area contributed by atoms with Gasteiger partial charge < -0.3 is 8.98 Å². The Balaban J connectivity index is 1.70. The minimum atomic E-state index is 0.663. The van der Waals surface area contributed by atoms with Crippen LogP contribution in [-0.4, -0.2) is 14.5 Å². The highest BCUT2D eigenvalue weighted by atomic mass is 32.2. The minimum Gasteiger partial charge on any atom is -0.444 e. The van der Waals surface area contributed by atoms with Gasteiger partial charge in [0.15, 0.2) is 5.16 Å². The van der Waals surface area contributed by atoms with Gasteiger partial charge >= 0.3 is 0 Å². The molecule has 0 saturated carbocycles. The molecule has 0 bridgehead atoms. The van der Waals surface area contributed by atoms with E-state index in [2.05, 4.69) is 9.97 Å². The van der Waals surface area contributed by atoms with Gasteiger partial charge in [-0.1, -0.05) is 30.0 Å². The van der Waals surface area contributed by atoms with Crippen molar-refractivity contribution in [3.8, 4) is 11.5 Å². The summed E-state index contributed by atoms with van der Waals surface area (Å²) in [6.45, 7) is 0. The largest absolute Gasteiger partial charge is 0.444 e. The van der Waals surface area contributed by atoms with Crippen LogP contribution in [0.3, 0.4) is 0 Å². The highest BCUT2D eigenvalue weighted by molar-refractivity contribution is 7.98. The van der Waals surface area contributed by atoms with Crippen molar-refractivity contribution in [3.63, 3.8) is 0 Å². The standard InChI is InChI=1S/C14H13N3OS/c1-17-8-7-15-14(17)19-10-12-9-18-13(16-12)11-5-3-2-4-6-11/h2-9H,10H2,1H3. The molecule has 96 valence electrons. The predicted molar refractivity (Wildman–Crippen MR) is 74.7 cm³/mol. The second-order valence-electron chi connectivity index (χ2n) is 4.12. The smallest absolute Gasteiger partial charge is 0.226 e. The zero-order valence-electron chi connectivity index (χ0n) is 10.5. The molecule has 3 aromatic rings. The molecule has 5 heteroatoms. The average molecular weight is 271 g/mol. The zero-order chi connectivity index (χ0) is 13.1. The summed E-state index contributed by atoms with van der Waals surface area (Å²) >= 11 is 1.64. The van der Waals surface area contributed by atoms with Gasteiger partial charge in [-0.3, -0.25) is 0 Å². The molecule has 0 atom stereocenters. The van der Waals surface area contributed by atoms with Crippen molar-refractivity contribution >= 4 is 11.8 Å². The van der Waals surface area contributed by atoms with Gasteiger partial charge in [0.1, 0.15) is 6.26 Å². The van der Waals surface area contributed by atoms with Crippen LogP contribution in [0.1, 0.15) is 5.69 Å². The maximum absolute atomic E-state index is 5.50. The van der Waals surface area contributed by atoms with Crippen molar-refractivity contribution in [1.82, 2.24) is 14.5 Å². The number of hydrogen-bond acceptors (Lipinski definition) is 4. The Morgan fingerprint density at radius 3 is 2.84 bits per heavy atom. The summed E-state index contributed by atoms with van der Waals surface area (Å²) in [6, 6.07) is 9.90. The van der Waals surface area contributed by atoms with E-state index in [4.69, 9.17) is 4.42 Å². The van der Waals surface area contributed by atoms with Gasteiger partial charge in [-0.15, -0.1) is 0 Å². The first-order valence-corrected chi connectivity index (χ1v) is 6.91. The predicted octanol–water partition coefficient (Wildman–Crippen LogP) is 3.37. The van der Waals surface area contributed by atoms with E-state index in [9.17, 15) is 0 Å². The van der Waals surface area contributed by atoms with Crippen LogP contribution in [0.4, 0.5) is 0 Å². The van der Waals surface area contributed by atoms with Gasteiger partial charge in [0.25, 0.3) is 0 Å². The number of aryl methyl sites for hydroxylation is 1. The molecule has 0 saturated heterocycles. The Hall–Kier alpha value is -2.01. The highest BCUT2D eigenvalue weighted by Gasteiger charge is 2.07. The molecule has 1 aromatic carbocycles. The summed E-state index contributed by atoms with van der Waals surface area (Å²) in [5.41, 5.74) is 1.92. The topological polar surface area (TPSA) is 43.9 Å². The third kappa shape index (κ3) is 2.71. The molecule has 3 rings (SSSR count). The van der Waals surface area contributed by atoms with Crippen LogP contribution in [0.15, 0.2) is 58.6 Å². The molecule has 0 fully saturated rings. The van der Waals surface area contributed by atoms with Crippen molar-refractivity contribution in [2.75, 3.05) is 0 Å². The molecule has 0 spiro atoms. The molecule has 0 N–H and O–H groups in total. The average Bonchev–Trinajstić information content (AvgIpc) is 3.06. The molecule has 0 aliphatic heterocycles. The number of rotatable bonds is 4. The number of imidazole rings is 1. The Labute approximate surface area is 115 Å². The first-order valence-electron chi connectivity index (χ1n) is 5.93. The summed E-state index contributed by atoms with van der Waals surface area (Å²) in [6.07, 6.45) is 5.43. The Morgan fingerprint density at radius 2 is 2.11 bits per heavy atom. The molecule has 19 heavy (non-hydrogen) atoms. The summed E-state index contributed by atoms with van der Waals surface area (Å²) in [7, 11) is 1.98. The number of hydrogen-bond donors (Lipinski definition) is 0. The van der Waals surface area contributed by atoms with Crippen molar-refractivity contribution in [2.45, 2.75) is 10.9 Å². The van der Waals surface area contributed by atoms with Gasteiger partial charge in [-0.05, 0) is 12.1 Å². The van der Waals surface area contributed by atoms with Gasteiger partial charge in [0.2, 0.25) is 5.89 Å². The normalized spacial score (nSPS) is 10.8. The molecular formula is C14H13N3OS. The number of thioether (sulfide) groups is 1. The van der Waals surface area contributed by atoms with Gasteiger partial charge in [-0.25, -0.2) is 9.97 Å². The Kier molecular flexibility index (Phi) is 3.37. The van der Waals surface area contributed by atoms with Crippen LogP contribution in [0.5, 0.6) is 0 Å². The third-order valence-electron chi connectivity index (χ3n) is 2.70. The second-order valence-corrected chi connectivity index (χ2v) is 5.06. The van der Waals surface area contributed by atoms with E-state index in [1.54, 1.807) is 24.2 Å². The van der Waals surface area contributed by atoms with Crippen LogP contribution in [0.2, 0.25) is 0 Å². The van der Waals surface area contributed by atoms with Gasteiger partial charge in [0, 0.05) is 30.8 Å². The van der Waals surface area contributed by atoms with Crippen LogP contribution in [0.25, 0.3) is 11.5 Å². The summed E-state index contributed by atoms with van der Waals surface area (Å²) in [5.74, 6) is 1.41. The molecule has 4 nitrogen and oxygen atoms in total. The first-order chi connectivity index (χ1) is 9.33. The molecule has 0 unspecified atom stereocenters. The fraction of sp³-hybridized carbons (Fsp3) is 0.143. The van der Waals surface area contributed by atoms with E-state index in [0.29, 0.717) is 5.89 Å². The van der Waals surface area contributed by atoms with Crippen molar-refractivity contribution < 1.29 is 4.42 Å². The van der Waals surface area contributed by atoms with Crippen molar-refractivity contribution in [3.05, 3.63) is 54.7 Å². The molecule has 0 aliphatic carbocycles. The minimum absolute atomic E-state index is 0.663. The monoisotopic (exact) mass is 271 g/mol. The lowest BCUT2D eigenvalue weighted by atomic mass is 10.2. The van der Waals surface area contributed by atoms with E-state index in [-0.39, 0.29) is 0 Å². The van der Waals surface area contributed by atoms with Crippen LogP contribution in [0, 0.1) is 0 Å². The summed E-state index contributed by atoms with van der Waals surface area (Å²) < 4.78 is 7.49. The van der Waals surface area contributed by atoms with E-state index >= 15 is 0 Å². The van der Waals surface area contributed by atoms with Crippen molar-refractivity contribution in [2.24, 2.45) is 7.05 Å². The number of benzene rings is 1. The first kappa shape index (κ1) is 12.0.